The summed E-state index contributed by atoms with van der Waals surface area (Å²) >= 11 is 0. The number of aromatic nitrogens is 7. The zero-order chi connectivity index (χ0) is 22.8. The molecule has 32 heavy (non-hydrogen) atoms. The van der Waals surface area contributed by atoms with Gasteiger partial charge in [0.1, 0.15) is 31.7 Å². The summed E-state index contributed by atoms with van der Waals surface area (Å²) in [5, 5.41) is 7.52. The standard InChI is InChI=1S/C18H19N7O7/c1-9(26)29-4-12-14(30-10(2)27)15(31-11(3)28)18(32-12)25-6-21-13-16(19-5-20-17(13)25)24-7-22-23-8-24/h5-8,12,14-15,18H,4H2,1-3H3/t12-,14-,15-,18-/m1/s1. The summed E-state index contributed by atoms with van der Waals surface area (Å²) in [6, 6.07) is 0. The van der Waals surface area contributed by atoms with Gasteiger partial charge >= 0.3 is 17.9 Å². The second-order valence-corrected chi connectivity index (χ2v) is 6.91. The van der Waals surface area contributed by atoms with E-state index in [1.54, 1.807) is 4.57 Å². The predicted molar refractivity (Wildman–Crippen MR) is 102 cm³/mol. The van der Waals surface area contributed by atoms with E-state index in [0.717, 1.165) is 0 Å². The molecule has 4 rings (SSSR count). The van der Waals surface area contributed by atoms with E-state index < -0.39 is 42.4 Å². The van der Waals surface area contributed by atoms with E-state index in [-0.39, 0.29) is 6.61 Å². The normalized spacial score (nSPS) is 22.6. The number of carbonyl (C=O) groups is 3. The van der Waals surface area contributed by atoms with Crippen LogP contribution in [0.25, 0.3) is 17.0 Å². The van der Waals surface area contributed by atoms with Crippen molar-refractivity contribution in [2.24, 2.45) is 0 Å². The Morgan fingerprint density at radius 1 is 0.938 bits per heavy atom. The van der Waals surface area contributed by atoms with Crippen LogP contribution in [0.1, 0.15) is 27.0 Å². The highest BCUT2D eigenvalue weighted by Crippen LogP contribution is 2.36. The molecule has 0 radical (unpaired) electrons. The van der Waals surface area contributed by atoms with E-state index in [0.29, 0.717) is 17.0 Å². The van der Waals surface area contributed by atoms with Crippen molar-refractivity contribution >= 4 is 29.1 Å². The zero-order valence-electron chi connectivity index (χ0n) is 17.3. The van der Waals surface area contributed by atoms with Crippen molar-refractivity contribution in [3.05, 3.63) is 25.3 Å². The third-order valence-electron chi connectivity index (χ3n) is 4.62. The number of rotatable bonds is 6. The Balaban J connectivity index is 1.75. The van der Waals surface area contributed by atoms with Gasteiger partial charge in [0.2, 0.25) is 0 Å². The Morgan fingerprint density at radius 2 is 1.62 bits per heavy atom. The fourth-order valence-corrected chi connectivity index (χ4v) is 3.44. The van der Waals surface area contributed by atoms with Crippen molar-refractivity contribution in [2.45, 2.75) is 45.3 Å². The van der Waals surface area contributed by atoms with Gasteiger partial charge in [0.25, 0.3) is 0 Å². The number of hydrogen-bond donors (Lipinski definition) is 0. The molecule has 4 heterocycles. The van der Waals surface area contributed by atoms with Gasteiger partial charge in [0.15, 0.2) is 35.4 Å². The fraction of sp³-hybridized carbons (Fsp3) is 0.444. The predicted octanol–water partition coefficient (Wildman–Crippen LogP) is -0.269. The number of imidazole rings is 1. The van der Waals surface area contributed by atoms with Crippen LogP contribution >= 0.6 is 0 Å². The van der Waals surface area contributed by atoms with E-state index in [4.69, 9.17) is 18.9 Å². The van der Waals surface area contributed by atoms with Gasteiger partial charge in [-0.25, -0.2) is 15.0 Å². The van der Waals surface area contributed by atoms with Crippen molar-refractivity contribution in [1.29, 1.82) is 0 Å². The minimum absolute atomic E-state index is 0.213. The molecule has 4 atom stereocenters. The molecule has 1 aliphatic rings. The van der Waals surface area contributed by atoms with Gasteiger partial charge in [0, 0.05) is 20.8 Å². The van der Waals surface area contributed by atoms with Crippen molar-refractivity contribution < 1.29 is 33.3 Å². The monoisotopic (exact) mass is 445 g/mol. The molecule has 0 amide bonds. The molecule has 0 aliphatic carbocycles. The van der Waals surface area contributed by atoms with Gasteiger partial charge in [-0.2, -0.15) is 0 Å². The highest BCUT2D eigenvalue weighted by molar-refractivity contribution is 5.78. The lowest BCUT2D eigenvalue weighted by atomic mass is 10.1. The average Bonchev–Trinajstić information content (AvgIpc) is 3.46. The van der Waals surface area contributed by atoms with Crippen LogP contribution < -0.4 is 0 Å². The van der Waals surface area contributed by atoms with Crippen molar-refractivity contribution in [3.8, 4) is 5.82 Å². The summed E-state index contributed by atoms with van der Waals surface area (Å²) in [6.45, 7) is 3.46. The molecule has 0 saturated carbocycles. The molecular weight excluding hydrogens is 426 g/mol. The summed E-state index contributed by atoms with van der Waals surface area (Å²) in [5.41, 5.74) is 0.769. The molecule has 14 heteroatoms. The van der Waals surface area contributed by atoms with Crippen LogP contribution in [-0.2, 0) is 33.3 Å². The minimum atomic E-state index is -1.05. The van der Waals surface area contributed by atoms with E-state index >= 15 is 0 Å². The topological polar surface area (TPSA) is 162 Å². The number of fused-ring (bicyclic) bond motifs is 1. The maximum absolute atomic E-state index is 11.8. The Hall–Kier alpha value is -3.94. The summed E-state index contributed by atoms with van der Waals surface area (Å²) in [6.07, 6.45) is 1.73. The lowest BCUT2D eigenvalue weighted by molar-refractivity contribution is -0.166. The SMILES string of the molecule is CC(=O)OC[C@H]1O[C@@H](n2cnc3c(-n4cnnc4)ncnc32)[C@H](OC(C)=O)[C@@H]1OC(C)=O. The summed E-state index contributed by atoms with van der Waals surface area (Å²) < 4.78 is 25.0. The molecule has 14 nitrogen and oxygen atoms in total. The third-order valence-corrected chi connectivity index (χ3v) is 4.62. The van der Waals surface area contributed by atoms with Crippen LogP contribution in [0.4, 0.5) is 0 Å². The third kappa shape index (κ3) is 4.12. The number of hydrogen-bond acceptors (Lipinski definition) is 12. The van der Waals surface area contributed by atoms with Gasteiger partial charge in [-0.15, -0.1) is 10.2 Å². The Bertz CT molecular complexity index is 1150. The van der Waals surface area contributed by atoms with Gasteiger partial charge in [0.05, 0.1) is 6.33 Å². The molecule has 0 aromatic carbocycles. The largest absolute Gasteiger partial charge is 0.463 e. The number of esters is 3. The number of carbonyl (C=O) groups excluding carboxylic acids is 3. The summed E-state index contributed by atoms with van der Waals surface area (Å²) in [7, 11) is 0. The Kier molecular flexibility index (Phi) is 5.77. The molecule has 0 N–H and O–H groups in total. The van der Waals surface area contributed by atoms with Crippen LogP contribution in [-0.4, -0.2) is 77.1 Å². The fourth-order valence-electron chi connectivity index (χ4n) is 3.44. The van der Waals surface area contributed by atoms with E-state index in [1.165, 1.54) is 50.6 Å². The van der Waals surface area contributed by atoms with Crippen LogP contribution in [0.2, 0.25) is 0 Å². The van der Waals surface area contributed by atoms with Gasteiger partial charge < -0.3 is 18.9 Å². The Morgan fingerprint density at radius 3 is 2.28 bits per heavy atom. The van der Waals surface area contributed by atoms with Crippen LogP contribution in [0.15, 0.2) is 25.3 Å². The smallest absolute Gasteiger partial charge is 0.303 e. The summed E-state index contributed by atoms with van der Waals surface area (Å²) in [4.78, 5) is 47.7. The van der Waals surface area contributed by atoms with Crippen molar-refractivity contribution in [3.63, 3.8) is 0 Å². The maximum atomic E-state index is 11.8. The average molecular weight is 445 g/mol. The Labute approximate surface area is 180 Å². The first-order chi connectivity index (χ1) is 15.3. The first-order valence-electron chi connectivity index (χ1n) is 9.51. The molecule has 0 unspecified atom stereocenters. The second kappa shape index (κ2) is 8.66. The molecule has 1 fully saturated rings. The number of nitrogens with zero attached hydrogens (tertiary/aromatic N) is 7. The van der Waals surface area contributed by atoms with Crippen LogP contribution in [0, 0.1) is 0 Å². The number of ether oxygens (including phenoxy) is 4. The molecule has 168 valence electrons. The van der Waals surface area contributed by atoms with E-state index in [9.17, 15) is 14.4 Å². The quantitative estimate of drug-likeness (QED) is 0.361. The van der Waals surface area contributed by atoms with Crippen molar-refractivity contribution in [1.82, 2.24) is 34.3 Å². The van der Waals surface area contributed by atoms with E-state index in [2.05, 4.69) is 25.1 Å². The van der Waals surface area contributed by atoms with Gasteiger partial charge in [-0.3, -0.25) is 23.5 Å². The highest BCUT2D eigenvalue weighted by atomic mass is 16.7. The molecule has 1 saturated heterocycles. The zero-order valence-corrected chi connectivity index (χ0v) is 17.3. The molecule has 0 spiro atoms. The molecule has 3 aromatic heterocycles. The summed E-state index contributed by atoms with van der Waals surface area (Å²) in [5.74, 6) is -1.34. The van der Waals surface area contributed by atoms with E-state index in [1.807, 2.05) is 0 Å². The minimum Gasteiger partial charge on any atom is -0.463 e. The second-order valence-electron chi connectivity index (χ2n) is 6.91. The van der Waals surface area contributed by atoms with Gasteiger partial charge in [-0.05, 0) is 0 Å². The van der Waals surface area contributed by atoms with Gasteiger partial charge in [-0.1, -0.05) is 0 Å². The lowest BCUT2D eigenvalue weighted by Gasteiger charge is -2.23. The lowest BCUT2D eigenvalue weighted by Crippen LogP contribution is -2.40. The first kappa shape index (κ1) is 21.3. The van der Waals surface area contributed by atoms with Crippen LogP contribution in [0.5, 0.6) is 0 Å². The highest BCUT2D eigenvalue weighted by Gasteiger charge is 2.51. The van der Waals surface area contributed by atoms with Crippen molar-refractivity contribution in [2.75, 3.05) is 6.61 Å². The molecular formula is C18H19N7O7. The molecule has 1 aliphatic heterocycles. The van der Waals surface area contributed by atoms with Crippen LogP contribution in [0.3, 0.4) is 0 Å². The first-order valence-corrected chi connectivity index (χ1v) is 9.51. The molecule has 0 bridgehead atoms. The maximum Gasteiger partial charge on any atom is 0.303 e. The molecule has 3 aromatic rings.